The van der Waals surface area contributed by atoms with Crippen LogP contribution in [0.1, 0.15) is 111 Å². The number of furan rings is 1. The molecule has 0 aliphatic heterocycles. The van der Waals surface area contributed by atoms with Crippen LogP contribution in [0.25, 0.3) is 17.0 Å². The van der Waals surface area contributed by atoms with Gasteiger partial charge in [-0.3, -0.25) is 9.69 Å². The summed E-state index contributed by atoms with van der Waals surface area (Å²) in [5.74, 6) is 0.185. The average Bonchev–Trinajstić information content (AvgIpc) is 3.30. The second-order valence-corrected chi connectivity index (χ2v) is 10.5. The van der Waals surface area contributed by atoms with Gasteiger partial charge in [-0.2, -0.15) is 0 Å². The fraction of sp³-hybridized carbons (Fsp3) is 0.471. The summed E-state index contributed by atoms with van der Waals surface area (Å²) in [5, 5.41) is 0.660. The minimum absolute atomic E-state index is 0.0879. The Balaban J connectivity index is 1.83. The van der Waals surface area contributed by atoms with Crippen molar-refractivity contribution in [3.63, 3.8) is 0 Å². The van der Waals surface area contributed by atoms with Gasteiger partial charge in [-0.1, -0.05) is 76.5 Å². The second kappa shape index (κ2) is 15.4. The number of hydrogen-bond acceptors (Lipinski definition) is 5. The van der Waals surface area contributed by atoms with E-state index in [-0.39, 0.29) is 11.9 Å². The fourth-order valence-corrected chi connectivity index (χ4v) is 4.61. The third-order valence-electron chi connectivity index (χ3n) is 6.83. The molecule has 2 aromatic carbocycles. The number of fused-ring (bicyclic) bond motifs is 1. The first-order chi connectivity index (χ1) is 18.9. The van der Waals surface area contributed by atoms with E-state index in [2.05, 4.69) is 37.8 Å². The van der Waals surface area contributed by atoms with Gasteiger partial charge in [-0.25, -0.2) is 4.79 Å². The second-order valence-electron chi connectivity index (χ2n) is 10.5. The van der Waals surface area contributed by atoms with Crippen LogP contribution in [0.3, 0.4) is 0 Å². The molecule has 0 aliphatic carbocycles. The van der Waals surface area contributed by atoms with E-state index in [0.29, 0.717) is 39.8 Å². The first-order valence-electron chi connectivity index (χ1n) is 14.7. The zero-order valence-corrected chi connectivity index (χ0v) is 24.4. The standard InChI is InChI=1S/C34H45NO4/c1-6-9-14-31-32(29-24-28(19-20-30(29)39-31)34(37)38-25(4)5)33(36)27-17-15-26(16-18-27)13-12-23-35(21-10-7-2)22-11-8-3/h12-13,15-20,24-25H,6-11,14,21-23H2,1-5H3. The predicted octanol–water partition coefficient (Wildman–Crippen LogP) is 8.49. The summed E-state index contributed by atoms with van der Waals surface area (Å²) >= 11 is 0. The molecule has 0 saturated carbocycles. The molecule has 0 aliphatic rings. The number of carbonyl (C=O) groups is 2. The van der Waals surface area contributed by atoms with Gasteiger partial charge in [0.2, 0.25) is 0 Å². The van der Waals surface area contributed by atoms with Crippen molar-refractivity contribution in [2.75, 3.05) is 19.6 Å². The summed E-state index contributed by atoms with van der Waals surface area (Å²) in [6, 6.07) is 12.9. The number of ketones is 1. The highest BCUT2D eigenvalue weighted by molar-refractivity contribution is 6.17. The van der Waals surface area contributed by atoms with Crippen molar-refractivity contribution >= 4 is 28.8 Å². The number of carbonyl (C=O) groups excluding carboxylic acids is 2. The van der Waals surface area contributed by atoms with Crippen molar-refractivity contribution in [3.05, 3.63) is 76.6 Å². The largest absolute Gasteiger partial charge is 0.460 e. The summed E-state index contributed by atoms with van der Waals surface area (Å²) in [6.45, 7) is 13.4. The Kier molecular flexibility index (Phi) is 12.0. The normalized spacial score (nSPS) is 11.8. The van der Waals surface area contributed by atoms with Crippen LogP contribution < -0.4 is 0 Å². The maximum absolute atomic E-state index is 13.8. The van der Waals surface area contributed by atoms with Crippen molar-refractivity contribution in [1.29, 1.82) is 0 Å². The summed E-state index contributed by atoms with van der Waals surface area (Å²) in [5.41, 5.74) is 3.25. The summed E-state index contributed by atoms with van der Waals surface area (Å²) in [7, 11) is 0. The smallest absolute Gasteiger partial charge is 0.338 e. The molecule has 1 heterocycles. The third kappa shape index (κ3) is 8.66. The summed E-state index contributed by atoms with van der Waals surface area (Å²) in [4.78, 5) is 28.8. The number of rotatable bonds is 16. The molecule has 0 atom stereocenters. The van der Waals surface area contributed by atoms with Crippen molar-refractivity contribution in [1.82, 2.24) is 4.90 Å². The molecule has 210 valence electrons. The quantitative estimate of drug-likeness (QED) is 0.137. The monoisotopic (exact) mass is 531 g/mol. The fourth-order valence-electron chi connectivity index (χ4n) is 4.61. The number of ether oxygens (including phenoxy) is 1. The van der Waals surface area contributed by atoms with E-state index in [0.717, 1.165) is 38.0 Å². The highest BCUT2D eigenvalue weighted by atomic mass is 16.5. The van der Waals surface area contributed by atoms with Crippen LogP contribution in [-0.4, -0.2) is 42.4 Å². The van der Waals surface area contributed by atoms with E-state index < -0.39 is 5.97 Å². The lowest BCUT2D eigenvalue weighted by Gasteiger charge is -2.19. The minimum Gasteiger partial charge on any atom is -0.460 e. The Bertz CT molecular complexity index is 1230. The van der Waals surface area contributed by atoms with Gasteiger partial charge < -0.3 is 9.15 Å². The van der Waals surface area contributed by atoms with Crippen LogP contribution in [0, 0.1) is 0 Å². The van der Waals surface area contributed by atoms with Gasteiger partial charge in [0.05, 0.1) is 17.2 Å². The maximum atomic E-state index is 13.8. The molecular formula is C34H45NO4. The van der Waals surface area contributed by atoms with Gasteiger partial charge in [-0.15, -0.1) is 0 Å². The van der Waals surface area contributed by atoms with Gasteiger partial charge in [-0.05, 0) is 70.0 Å². The Labute approximate surface area is 234 Å². The van der Waals surface area contributed by atoms with Crippen LogP contribution >= 0.6 is 0 Å². The van der Waals surface area contributed by atoms with Crippen molar-refractivity contribution in [3.8, 4) is 0 Å². The van der Waals surface area contributed by atoms with E-state index in [9.17, 15) is 9.59 Å². The van der Waals surface area contributed by atoms with E-state index in [1.807, 2.05) is 38.1 Å². The predicted molar refractivity (Wildman–Crippen MR) is 161 cm³/mol. The van der Waals surface area contributed by atoms with Crippen molar-refractivity contribution < 1.29 is 18.7 Å². The average molecular weight is 532 g/mol. The first-order valence-corrected chi connectivity index (χ1v) is 14.7. The molecule has 0 amide bonds. The highest BCUT2D eigenvalue weighted by Gasteiger charge is 2.23. The SMILES string of the molecule is CCCCc1oc2ccc(C(=O)OC(C)C)cc2c1C(=O)c1ccc(C=CCN(CCCC)CCCC)cc1. The Morgan fingerprint density at radius 2 is 1.54 bits per heavy atom. The molecule has 0 fully saturated rings. The van der Waals surface area contributed by atoms with Crippen molar-refractivity contribution in [2.45, 2.75) is 85.7 Å². The van der Waals surface area contributed by atoms with Crippen LogP contribution in [0.2, 0.25) is 0 Å². The Morgan fingerprint density at radius 1 is 0.897 bits per heavy atom. The van der Waals surface area contributed by atoms with E-state index in [1.54, 1.807) is 18.2 Å². The van der Waals surface area contributed by atoms with Gasteiger partial charge in [0.15, 0.2) is 5.78 Å². The molecule has 0 saturated heterocycles. The molecule has 0 spiro atoms. The third-order valence-corrected chi connectivity index (χ3v) is 6.83. The van der Waals surface area contributed by atoms with Crippen LogP contribution in [-0.2, 0) is 11.2 Å². The molecule has 5 heteroatoms. The number of esters is 1. The number of hydrogen-bond donors (Lipinski definition) is 0. The first kappa shape index (κ1) is 30.4. The number of benzene rings is 2. The van der Waals surface area contributed by atoms with Crippen LogP contribution in [0.4, 0.5) is 0 Å². The molecule has 0 N–H and O–H groups in total. The summed E-state index contributed by atoms with van der Waals surface area (Å²) in [6.07, 6.45) is 11.6. The lowest BCUT2D eigenvalue weighted by molar-refractivity contribution is 0.0378. The zero-order valence-electron chi connectivity index (χ0n) is 24.4. The number of nitrogens with zero attached hydrogens (tertiary/aromatic N) is 1. The molecular weight excluding hydrogens is 486 g/mol. The lowest BCUT2D eigenvalue weighted by Crippen LogP contribution is -2.26. The molecule has 39 heavy (non-hydrogen) atoms. The molecule has 0 radical (unpaired) electrons. The lowest BCUT2D eigenvalue weighted by atomic mass is 9.97. The zero-order chi connectivity index (χ0) is 28.2. The highest BCUT2D eigenvalue weighted by Crippen LogP contribution is 2.31. The summed E-state index contributed by atoms with van der Waals surface area (Å²) < 4.78 is 11.5. The minimum atomic E-state index is -0.402. The van der Waals surface area contributed by atoms with Crippen LogP contribution in [0.5, 0.6) is 0 Å². The van der Waals surface area contributed by atoms with E-state index in [1.165, 1.54) is 25.7 Å². The molecule has 5 nitrogen and oxygen atoms in total. The molecule has 3 rings (SSSR count). The molecule has 1 aromatic heterocycles. The van der Waals surface area contributed by atoms with Gasteiger partial charge in [0, 0.05) is 23.9 Å². The Hall–Kier alpha value is -3.18. The van der Waals surface area contributed by atoms with Gasteiger partial charge in [0.1, 0.15) is 11.3 Å². The number of unbranched alkanes of at least 4 members (excludes halogenated alkanes) is 3. The molecule has 0 bridgehead atoms. The molecule has 0 unspecified atom stereocenters. The van der Waals surface area contributed by atoms with Crippen LogP contribution in [0.15, 0.2) is 53.0 Å². The maximum Gasteiger partial charge on any atom is 0.338 e. The van der Waals surface area contributed by atoms with Crippen molar-refractivity contribution in [2.24, 2.45) is 0 Å². The van der Waals surface area contributed by atoms with Gasteiger partial charge in [0.25, 0.3) is 0 Å². The Morgan fingerprint density at radius 3 is 2.15 bits per heavy atom. The van der Waals surface area contributed by atoms with E-state index >= 15 is 0 Å². The van der Waals surface area contributed by atoms with E-state index in [4.69, 9.17) is 9.15 Å². The molecule has 3 aromatic rings. The number of aryl methyl sites for hydroxylation is 1. The topological polar surface area (TPSA) is 59.8 Å². The van der Waals surface area contributed by atoms with Gasteiger partial charge >= 0.3 is 5.97 Å².